The van der Waals surface area contributed by atoms with Gasteiger partial charge in [-0.2, -0.15) is 0 Å². The fourth-order valence-electron chi connectivity index (χ4n) is 3.34. The summed E-state index contributed by atoms with van der Waals surface area (Å²) in [7, 11) is 1.61. The molecule has 0 N–H and O–H groups in total. The SMILES string of the molecule is C=C(C)CCc1oc2cc(-c3ccc(OC)nc3)ccc2c1-c1ccc(C)o1. The molecule has 4 heteroatoms. The normalized spacial score (nSPS) is 11.1. The van der Waals surface area contributed by atoms with E-state index in [1.54, 1.807) is 7.11 Å². The highest BCUT2D eigenvalue weighted by Gasteiger charge is 2.19. The molecule has 142 valence electrons. The molecule has 0 unspecified atom stereocenters. The third-order valence-electron chi connectivity index (χ3n) is 4.81. The number of hydrogen-bond donors (Lipinski definition) is 0. The van der Waals surface area contributed by atoms with E-state index >= 15 is 0 Å². The van der Waals surface area contributed by atoms with Crippen molar-refractivity contribution < 1.29 is 13.6 Å². The number of pyridine rings is 1. The lowest BCUT2D eigenvalue weighted by atomic mass is 10.0. The minimum absolute atomic E-state index is 0.598. The van der Waals surface area contributed by atoms with E-state index in [0.717, 1.165) is 63.4 Å². The molecule has 4 nitrogen and oxygen atoms in total. The zero-order valence-corrected chi connectivity index (χ0v) is 16.4. The highest BCUT2D eigenvalue weighted by molar-refractivity contribution is 5.96. The maximum absolute atomic E-state index is 6.27. The summed E-state index contributed by atoms with van der Waals surface area (Å²) in [5, 5.41) is 1.05. The molecule has 3 aromatic heterocycles. The van der Waals surface area contributed by atoms with Gasteiger partial charge < -0.3 is 13.6 Å². The van der Waals surface area contributed by atoms with Gasteiger partial charge in [0, 0.05) is 29.6 Å². The van der Waals surface area contributed by atoms with Gasteiger partial charge in [-0.05, 0) is 56.2 Å². The van der Waals surface area contributed by atoms with Crippen LogP contribution in [0, 0.1) is 6.92 Å². The number of furan rings is 2. The van der Waals surface area contributed by atoms with Crippen LogP contribution in [0.5, 0.6) is 5.88 Å². The van der Waals surface area contributed by atoms with Crippen LogP contribution >= 0.6 is 0 Å². The Morgan fingerprint density at radius 2 is 1.89 bits per heavy atom. The van der Waals surface area contributed by atoms with E-state index in [9.17, 15) is 0 Å². The molecule has 0 aliphatic rings. The minimum atomic E-state index is 0.598. The molecule has 4 aromatic rings. The van der Waals surface area contributed by atoms with Crippen molar-refractivity contribution in [1.82, 2.24) is 4.98 Å². The van der Waals surface area contributed by atoms with Crippen molar-refractivity contribution in [3.05, 3.63) is 72.3 Å². The molecule has 1 aromatic carbocycles. The van der Waals surface area contributed by atoms with Gasteiger partial charge in [0.25, 0.3) is 0 Å². The summed E-state index contributed by atoms with van der Waals surface area (Å²) in [5.41, 5.74) is 5.06. The van der Waals surface area contributed by atoms with Gasteiger partial charge >= 0.3 is 0 Å². The van der Waals surface area contributed by atoms with Crippen LogP contribution in [0.2, 0.25) is 0 Å². The van der Waals surface area contributed by atoms with E-state index in [1.165, 1.54) is 0 Å². The van der Waals surface area contributed by atoms with Gasteiger partial charge in [-0.3, -0.25) is 0 Å². The molecule has 0 atom stereocenters. The first-order chi connectivity index (χ1) is 13.5. The average Bonchev–Trinajstić information content (AvgIpc) is 3.28. The summed E-state index contributed by atoms with van der Waals surface area (Å²) in [4.78, 5) is 4.30. The second kappa shape index (κ2) is 7.39. The van der Waals surface area contributed by atoms with Crippen molar-refractivity contribution in [3.63, 3.8) is 0 Å². The number of fused-ring (bicyclic) bond motifs is 1. The lowest BCUT2D eigenvalue weighted by Crippen LogP contribution is -1.87. The third-order valence-corrected chi connectivity index (χ3v) is 4.81. The standard InChI is InChI=1S/C24H23NO3/c1-15(2)5-10-21-24(20-11-6-16(3)27-20)19-9-7-17(13-22(19)28-21)18-8-12-23(26-4)25-14-18/h6-9,11-14H,1,5,10H2,2-4H3. The molecule has 0 fully saturated rings. The van der Waals surface area contributed by atoms with Crippen molar-refractivity contribution in [1.29, 1.82) is 0 Å². The number of aryl methyl sites for hydroxylation is 2. The number of hydrogen-bond acceptors (Lipinski definition) is 4. The van der Waals surface area contributed by atoms with Gasteiger partial charge in [0.05, 0.1) is 12.7 Å². The van der Waals surface area contributed by atoms with Crippen molar-refractivity contribution in [3.8, 4) is 28.3 Å². The summed E-state index contributed by atoms with van der Waals surface area (Å²) in [5.74, 6) is 3.25. The van der Waals surface area contributed by atoms with Crippen LogP contribution in [-0.2, 0) is 6.42 Å². The second-order valence-corrected chi connectivity index (χ2v) is 7.07. The van der Waals surface area contributed by atoms with Gasteiger partial charge in [0.15, 0.2) is 0 Å². The van der Waals surface area contributed by atoms with Crippen LogP contribution in [0.1, 0.15) is 24.9 Å². The van der Waals surface area contributed by atoms with Crippen molar-refractivity contribution in [2.75, 3.05) is 7.11 Å². The van der Waals surface area contributed by atoms with Crippen molar-refractivity contribution in [2.45, 2.75) is 26.7 Å². The topological polar surface area (TPSA) is 48.4 Å². The second-order valence-electron chi connectivity index (χ2n) is 7.07. The van der Waals surface area contributed by atoms with Crippen LogP contribution in [0.4, 0.5) is 0 Å². The third kappa shape index (κ3) is 3.46. The molecule has 0 amide bonds. The van der Waals surface area contributed by atoms with Crippen LogP contribution in [0.25, 0.3) is 33.4 Å². The average molecular weight is 373 g/mol. The Hall–Kier alpha value is -3.27. The Morgan fingerprint density at radius 1 is 1.07 bits per heavy atom. The number of methoxy groups -OCH3 is 1. The predicted molar refractivity (Wildman–Crippen MR) is 112 cm³/mol. The highest BCUT2D eigenvalue weighted by Crippen LogP contribution is 2.38. The molecule has 0 aliphatic carbocycles. The van der Waals surface area contributed by atoms with Crippen molar-refractivity contribution >= 4 is 11.0 Å². The fraction of sp³-hybridized carbons (Fsp3) is 0.208. The molecule has 4 rings (SSSR count). The predicted octanol–water partition coefficient (Wildman–Crippen LogP) is 6.58. The zero-order chi connectivity index (χ0) is 19.7. The van der Waals surface area contributed by atoms with Crippen LogP contribution in [0.3, 0.4) is 0 Å². The quantitative estimate of drug-likeness (QED) is 0.358. The summed E-state index contributed by atoms with van der Waals surface area (Å²) in [6.07, 6.45) is 3.47. The van der Waals surface area contributed by atoms with Crippen LogP contribution < -0.4 is 4.74 Å². The Bertz CT molecular complexity index is 1130. The maximum atomic E-state index is 6.27. The van der Waals surface area contributed by atoms with Gasteiger partial charge in [-0.1, -0.05) is 11.6 Å². The van der Waals surface area contributed by atoms with E-state index in [-0.39, 0.29) is 0 Å². The number of aromatic nitrogens is 1. The number of ether oxygens (including phenoxy) is 1. The monoisotopic (exact) mass is 373 g/mol. The van der Waals surface area contributed by atoms with Gasteiger partial charge in [0.2, 0.25) is 5.88 Å². The lowest BCUT2D eigenvalue weighted by molar-refractivity contribution is 0.398. The summed E-state index contributed by atoms with van der Waals surface area (Å²) in [6.45, 7) is 8.00. The van der Waals surface area contributed by atoms with Gasteiger partial charge in [-0.25, -0.2) is 4.98 Å². The summed E-state index contributed by atoms with van der Waals surface area (Å²) < 4.78 is 17.3. The van der Waals surface area contributed by atoms with E-state index in [2.05, 4.69) is 29.8 Å². The molecule has 28 heavy (non-hydrogen) atoms. The van der Waals surface area contributed by atoms with Crippen molar-refractivity contribution in [2.24, 2.45) is 0 Å². The minimum Gasteiger partial charge on any atom is -0.481 e. The van der Waals surface area contributed by atoms with Crippen LogP contribution in [0.15, 0.2) is 69.6 Å². The van der Waals surface area contributed by atoms with E-state index in [1.807, 2.05) is 44.3 Å². The first kappa shape index (κ1) is 18.1. The number of benzene rings is 1. The largest absolute Gasteiger partial charge is 0.481 e. The Kier molecular flexibility index (Phi) is 4.78. The number of rotatable bonds is 6. The first-order valence-corrected chi connectivity index (χ1v) is 9.32. The van der Waals surface area contributed by atoms with Crippen LogP contribution in [-0.4, -0.2) is 12.1 Å². The van der Waals surface area contributed by atoms with Gasteiger partial charge in [-0.15, -0.1) is 6.58 Å². The van der Waals surface area contributed by atoms with E-state index in [4.69, 9.17) is 13.6 Å². The first-order valence-electron chi connectivity index (χ1n) is 9.32. The lowest BCUT2D eigenvalue weighted by Gasteiger charge is -2.03. The zero-order valence-electron chi connectivity index (χ0n) is 16.4. The Labute approximate surface area is 164 Å². The Balaban J connectivity index is 1.81. The summed E-state index contributed by atoms with van der Waals surface area (Å²) >= 11 is 0. The fourth-order valence-corrected chi connectivity index (χ4v) is 3.34. The molecule has 0 aliphatic heterocycles. The van der Waals surface area contributed by atoms with Gasteiger partial charge in [0.1, 0.15) is 22.9 Å². The molecule has 0 saturated carbocycles. The molecule has 0 bridgehead atoms. The maximum Gasteiger partial charge on any atom is 0.212 e. The van der Waals surface area contributed by atoms with E-state index < -0.39 is 0 Å². The molecule has 0 spiro atoms. The smallest absolute Gasteiger partial charge is 0.212 e. The number of allylic oxidation sites excluding steroid dienone is 1. The Morgan fingerprint density at radius 3 is 2.54 bits per heavy atom. The summed E-state index contributed by atoms with van der Waals surface area (Å²) in [6, 6.07) is 14.1. The highest BCUT2D eigenvalue weighted by atomic mass is 16.5. The van der Waals surface area contributed by atoms with E-state index in [0.29, 0.717) is 5.88 Å². The molecule has 0 saturated heterocycles. The molecular weight excluding hydrogens is 350 g/mol. The molecule has 0 radical (unpaired) electrons. The molecule has 3 heterocycles. The number of nitrogens with zero attached hydrogens (tertiary/aromatic N) is 1. The molecular formula is C24H23NO3.